The van der Waals surface area contributed by atoms with Crippen LogP contribution in [-0.4, -0.2) is 78.5 Å². The van der Waals surface area contributed by atoms with Gasteiger partial charge in [-0.1, -0.05) is 103 Å². The molecule has 3 amide bonds. The topological polar surface area (TPSA) is 130 Å². The fourth-order valence-corrected chi connectivity index (χ4v) is 9.73. The first-order valence-corrected chi connectivity index (χ1v) is 23.0. The summed E-state index contributed by atoms with van der Waals surface area (Å²) in [7, 11) is 0. The zero-order valence-electron chi connectivity index (χ0n) is 36.1. The molecular weight excluding hydrogens is 797 g/mol. The molecule has 11 heteroatoms. The number of benzene rings is 4. The van der Waals surface area contributed by atoms with Gasteiger partial charge in [0.05, 0.1) is 35.9 Å². The highest BCUT2D eigenvalue weighted by Crippen LogP contribution is 2.38. The first-order chi connectivity index (χ1) is 31.5. The number of nitrogens with one attached hydrogen (secondary N) is 3. The van der Waals surface area contributed by atoms with Crippen molar-refractivity contribution in [3.05, 3.63) is 155 Å². The molecule has 0 spiro atoms. The van der Waals surface area contributed by atoms with E-state index in [0.29, 0.717) is 6.54 Å². The van der Waals surface area contributed by atoms with Crippen LogP contribution in [0, 0.1) is 17.8 Å². The lowest BCUT2D eigenvalue weighted by molar-refractivity contribution is -0.139. The number of imidazole rings is 2. The second kappa shape index (κ2) is 18.5. The fourth-order valence-electron chi connectivity index (χ4n) is 9.73. The third-order valence-corrected chi connectivity index (χ3v) is 13.4. The van der Waals surface area contributed by atoms with Gasteiger partial charge in [0.2, 0.25) is 17.7 Å². The van der Waals surface area contributed by atoms with Crippen LogP contribution in [0.2, 0.25) is 0 Å². The third kappa shape index (κ3) is 8.88. The highest BCUT2D eigenvalue weighted by molar-refractivity contribution is 5.90. The van der Waals surface area contributed by atoms with E-state index in [1.165, 1.54) is 6.42 Å². The Labute approximate surface area is 374 Å². The molecule has 3 N–H and O–H groups in total. The maximum atomic E-state index is 14.4. The van der Waals surface area contributed by atoms with E-state index in [1.54, 1.807) is 0 Å². The molecule has 0 unspecified atom stereocenters. The second-order valence-electron chi connectivity index (χ2n) is 17.7. The number of piperidine rings is 1. The Hall–Kier alpha value is -6.77. The summed E-state index contributed by atoms with van der Waals surface area (Å²) >= 11 is 0. The predicted octanol–water partition coefficient (Wildman–Crippen LogP) is 8.69. The number of amides is 3. The number of H-pyrrole nitrogens is 2. The Morgan fingerprint density at radius 2 is 1.06 bits per heavy atom. The van der Waals surface area contributed by atoms with Crippen LogP contribution in [0.25, 0.3) is 22.5 Å². The van der Waals surface area contributed by atoms with Gasteiger partial charge in [-0.25, -0.2) is 9.97 Å². The van der Waals surface area contributed by atoms with Gasteiger partial charge in [-0.05, 0) is 111 Å². The van der Waals surface area contributed by atoms with Gasteiger partial charge in [0.1, 0.15) is 23.7 Å². The molecule has 10 rings (SSSR count). The number of likely N-dealkylation sites (tertiary alicyclic amines) is 3. The zero-order valence-corrected chi connectivity index (χ0v) is 36.1. The summed E-state index contributed by atoms with van der Waals surface area (Å²) in [6, 6.07) is 34.8. The van der Waals surface area contributed by atoms with Crippen molar-refractivity contribution in [1.29, 1.82) is 0 Å². The lowest BCUT2D eigenvalue weighted by Gasteiger charge is -2.37. The molecule has 6 aromatic rings. The minimum atomic E-state index is -0.726. The normalized spacial score (nSPS) is 19.8. The molecule has 4 atom stereocenters. The van der Waals surface area contributed by atoms with Gasteiger partial charge in [0, 0.05) is 30.1 Å². The summed E-state index contributed by atoms with van der Waals surface area (Å²) in [4.78, 5) is 64.2. The van der Waals surface area contributed by atoms with Crippen molar-refractivity contribution < 1.29 is 14.4 Å². The van der Waals surface area contributed by atoms with E-state index in [1.807, 2.05) is 102 Å². The zero-order chi connectivity index (χ0) is 43.4. The lowest BCUT2D eigenvalue weighted by Crippen LogP contribution is -2.44. The van der Waals surface area contributed by atoms with Gasteiger partial charge < -0.3 is 25.1 Å². The Bertz CT molecular complexity index is 2640. The van der Waals surface area contributed by atoms with Crippen molar-refractivity contribution in [3.8, 4) is 34.4 Å². The Kier molecular flexibility index (Phi) is 11.9. The summed E-state index contributed by atoms with van der Waals surface area (Å²) in [5, 5.41) is 3.05. The lowest BCUT2D eigenvalue weighted by atomic mass is 10.00. The smallest absolute Gasteiger partial charge is 0.250 e. The maximum Gasteiger partial charge on any atom is 0.250 e. The van der Waals surface area contributed by atoms with Gasteiger partial charge >= 0.3 is 0 Å². The van der Waals surface area contributed by atoms with Crippen LogP contribution in [0.15, 0.2) is 122 Å². The van der Waals surface area contributed by atoms with Crippen molar-refractivity contribution in [1.82, 2.24) is 40.0 Å². The van der Waals surface area contributed by atoms with Crippen molar-refractivity contribution in [2.24, 2.45) is 5.92 Å². The Morgan fingerprint density at radius 3 is 1.58 bits per heavy atom. The van der Waals surface area contributed by atoms with Crippen molar-refractivity contribution in [2.45, 2.75) is 82.0 Å². The molecule has 324 valence electrons. The summed E-state index contributed by atoms with van der Waals surface area (Å²) in [6.45, 7) is 3.24. The quantitative estimate of drug-likeness (QED) is 0.112. The van der Waals surface area contributed by atoms with E-state index < -0.39 is 6.04 Å². The molecule has 4 fully saturated rings. The number of carbonyl (C=O) groups is 3. The van der Waals surface area contributed by atoms with E-state index in [9.17, 15) is 14.4 Å². The summed E-state index contributed by atoms with van der Waals surface area (Å²) < 4.78 is 0. The average molecular weight is 851 g/mol. The van der Waals surface area contributed by atoms with Gasteiger partial charge in [0.25, 0.3) is 0 Å². The predicted molar refractivity (Wildman–Crippen MR) is 246 cm³/mol. The number of hydrogen-bond donors (Lipinski definition) is 3. The Balaban J connectivity index is 0.777. The monoisotopic (exact) mass is 850 g/mol. The molecule has 0 radical (unpaired) electrons. The van der Waals surface area contributed by atoms with Crippen LogP contribution in [0.1, 0.15) is 116 Å². The molecule has 3 saturated heterocycles. The molecule has 4 aromatic carbocycles. The Morgan fingerprint density at radius 1 is 0.562 bits per heavy atom. The molecule has 2 aromatic heterocycles. The maximum absolute atomic E-state index is 14.4. The highest BCUT2D eigenvalue weighted by Gasteiger charge is 2.40. The molecule has 5 heterocycles. The third-order valence-electron chi connectivity index (χ3n) is 13.4. The molecule has 3 aliphatic heterocycles. The van der Waals surface area contributed by atoms with Gasteiger partial charge in [0.15, 0.2) is 0 Å². The molecular formula is C53H54N8O3. The van der Waals surface area contributed by atoms with Gasteiger partial charge in [-0.2, -0.15) is 0 Å². The van der Waals surface area contributed by atoms with E-state index in [-0.39, 0.29) is 41.8 Å². The minimum Gasteiger partial charge on any atom is -0.340 e. The number of aromatic nitrogens is 4. The van der Waals surface area contributed by atoms with Crippen LogP contribution in [0.3, 0.4) is 0 Å². The second-order valence-corrected chi connectivity index (χ2v) is 17.7. The summed E-state index contributed by atoms with van der Waals surface area (Å²) in [5.41, 5.74) is 7.43. The minimum absolute atomic E-state index is 0.00582. The standard InChI is InChI=1S/C53H54N8O3/c62-51(42-28-29-42)58-47(40-12-4-1-5-13-40)52(63)60-32-10-16-45(60)49-54-34-43(56-49)38-24-20-36(21-25-38)18-19-37-22-26-39(27-23-37)44-35-55-50(57-44)46-17-11-33-61(46)53(64)48(41-14-6-2-7-15-41)59-30-8-3-9-31-59/h1-2,4-7,12-15,20-27,34-35,42,45-48H,3,8-11,16-17,28-33H2,(H,54,56)(H,55,57)(H,58,62)/t45-,46-,47+,48+/m0/s1. The SMILES string of the molecule is O=C(N[C@@H](C(=O)N1CCC[C@H]1c1ncc(-c2ccc(C#Cc3ccc(-c4cnc([C@@H]5CCCN5C(=O)[C@@H](c5ccccc5)N5CCCCC5)[nH]4)cc3)cc2)[nH]1)c1ccccc1)C1CC1. The summed E-state index contributed by atoms with van der Waals surface area (Å²) in [6.07, 6.45) is 12.4. The van der Waals surface area contributed by atoms with Crippen molar-refractivity contribution in [3.63, 3.8) is 0 Å². The number of hydrogen-bond acceptors (Lipinski definition) is 6. The molecule has 1 saturated carbocycles. The first kappa shape index (κ1) is 41.3. The number of aromatic amines is 2. The van der Waals surface area contributed by atoms with E-state index in [4.69, 9.17) is 9.97 Å². The number of carbonyl (C=O) groups excluding carboxylic acids is 3. The van der Waals surface area contributed by atoms with Gasteiger partial charge in [-0.3, -0.25) is 19.3 Å². The van der Waals surface area contributed by atoms with Crippen molar-refractivity contribution in [2.75, 3.05) is 26.2 Å². The molecule has 1 aliphatic carbocycles. The van der Waals surface area contributed by atoms with E-state index in [2.05, 4.69) is 61.2 Å². The van der Waals surface area contributed by atoms with Crippen LogP contribution < -0.4 is 5.32 Å². The largest absolute Gasteiger partial charge is 0.340 e. The van der Waals surface area contributed by atoms with Crippen LogP contribution in [-0.2, 0) is 14.4 Å². The first-order valence-electron chi connectivity index (χ1n) is 23.0. The highest BCUT2D eigenvalue weighted by atomic mass is 16.2. The number of nitrogens with zero attached hydrogens (tertiary/aromatic N) is 5. The van der Waals surface area contributed by atoms with Crippen molar-refractivity contribution >= 4 is 17.7 Å². The molecule has 0 bridgehead atoms. The number of rotatable bonds is 11. The van der Waals surface area contributed by atoms with E-state index >= 15 is 0 Å². The average Bonchev–Trinajstić information content (AvgIpc) is 3.79. The molecule has 11 nitrogen and oxygen atoms in total. The summed E-state index contributed by atoms with van der Waals surface area (Å²) in [5.74, 6) is 8.22. The van der Waals surface area contributed by atoms with Gasteiger partial charge in [-0.15, -0.1) is 0 Å². The molecule has 4 aliphatic rings. The molecule has 64 heavy (non-hydrogen) atoms. The fraction of sp³-hybridized carbons (Fsp3) is 0.340. The van der Waals surface area contributed by atoms with Crippen LogP contribution in [0.5, 0.6) is 0 Å². The van der Waals surface area contributed by atoms with Crippen LogP contribution in [0.4, 0.5) is 0 Å². The van der Waals surface area contributed by atoms with E-state index in [0.717, 1.165) is 127 Å². The van der Waals surface area contributed by atoms with Crippen LogP contribution >= 0.6 is 0 Å².